The molecule has 0 bridgehead atoms. The van der Waals surface area contributed by atoms with Gasteiger partial charge < -0.3 is 14.2 Å². The molecule has 0 fully saturated rings. The number of aromatic nitrogens is 3. The van der Waals surface area contributed by atoms with E-state index in [1.54, 1.807) is 19.2 Å². The summed E-state index contributed by atoms with van der Waals surface area (Å²) in [5, 5.41) is 8.28. The van der Waals surface area contributed by atoms with Crippen molar-refractivity contribution >= 4 is 23.3 Å². The van der Waals surface area contributed by atoms with Crippen molar-refractivity contribution in [3.05, 3.63) is 27.8 Å². The van der Waals surface area contributed by atoms with Gasteiger partial charge in [0.1, 0.15) is 12.2 Å². The predicted molar refractivity (Wildman–Crippen MR) is 76.9 cm³/mol. The second-order valence-electron chi connectivity index (χ2n) is 3.99. The minimum absolute atomic E-state index is 0.0878. The maximum atomic E-state index is 11.7. The molecular weight excluding hydrogens is 310 g/mol. The second kappa shape index (κ2) is 7.55. The molecule has 0 unspecified atom stereocenters. The number of aromatic amines is 1. The standard InChI is InChI=1S/C13H15N3O5S/c1-3-19-12(17)9-5-14-16-10(9)21-6-8-7-22-11(15-8)13(18)20-4-2/h5,7H,3-4,6H2,1-2H3,(H,14,16). The molecule has 0 radical (unpaired) electrons. The molecule has 0 saturated heterocycles. The zero-order chi connectivity index (χ0) is 15.9. The monoisotopic (exact) mass is 325 g/mol. The SMILES string of the molecule is CCOC(=O)c1nc(COc2[nH]ncc2C(=O)OCC)cs1. The minimum Gasteiger partial charge on any atom is -0.471 e. The van der Waals surface area contributed by atoms with Crippen LogP contribution < -0.4 is 4.74 Å². The van der Waals surface area contributed by atoms with Gasteiger partial charge in [-0.05, 0) is 13.8 Å². The normalized spacial score (nSPS) is 10.3. The van der Waals surface area contributed by atoms with Crippen molar-refractivity contribution in [2.24, 2.45) is 0 Å². The molecule has 2 aromatic heterocycles. The van der Waals surface area contributed by atoms with Crippen LogP contribution in [0.15, 0.2) is 11.6 Å². The fraction of sp³-hybridized carbons (Fsp3) is 0.385. The fourth-order valence-electron chi connectivity index (χ4n) is 1.54. The molecule has 0 aliphatic carbocycles. The van der Waals surface area contributed by atoms with Crippen molar-refractivity contribution in [1.82, 2.24) is 15.2 Å². The topological polar surface area (TPSA) is 103 Å². The summed E-state index contributed by atoms with van der Waals surface area (Å²) in [4.78, 5) is 27.3. The quantitative estimate of drug-likeness (QED) is 0.774. The summed E-state index contributed by atoms with van der Waals surface area (Å²) in [6.07, 6.45) is 1.33. The van der Waals surface area contributed by atoms with Crippen molar-refractivity contribution in [2.45, 2.75) is 20.5 Å². The number of H-pyrrole nitrogens is 1. The number of ether oxygens (including phenoxy) is 3. The van der Waals surface area contributed by atoms with Crippen LogP contribution in [0.25, 0.3) is 0 Å². The highest BCUT2D eigenvalue weighted by molar-refractivity contribution is 7.11. The number of rotatable bonds is 7. The molecule has 2 rings (SSSR count). The number of carbonyl (C=O) groups excluding carboxylic acids is 2. The molecule has 0 saturated carbocycles. The van der Waals surface area contributed by atoms with Crippen LogP contribution in [0.1, 0.15) is 39.7 Å². The van der Waals surface area contributed by atoms with Crippen LogP contribution >= 0.6 is 11.3 Å². The summed E-state index contributed by atoms with van der Waals surface area (Å²) in [6, 6.07) is 0. The molecule has 0 spiro atoms. The van der Waals surface area contributed by atoms with Gasteiger partial charge in [-0.2, -0.15) is 5.10 Å². The third-order valence-corrected chi connectivity index (χ3v) is 3.34. The minimum atomic E-state index is -0.517. The van der Waals surface area contributed by atoms with E-state index in [1.165, 1.54) is 17.5 Å². The van der Waals surface area contributed by atoms with Crippen molar-refractivity contribution in [3.63, 3.8) is 0 Å². The maximum Gasteiger partial charge on any atom is 0.367 e. The Balaban J connectivity index is 1.98. The average molecular weight is 325 g/mol. The first-order valence-corrected chi connectivity index (χ1v) is 7.48. The smallest absolute Gasteiger partial charge is 0.367 e. The number of nitrogens with one attached hydrogen (secondary N) is 1. The molecule has 1 N–H and O–H groups in total. The summed E-state index contributed by atoms with van der Waals surface area (Å²) in [5.74, 6) is -0.784. The molecule has 0 aliphatic rings. The Labute approximate surface area is 130 Å². The number of esters is 2. The van der Waals surface area contributed by atoms with Crippen molar-refractivity contribution in [2.75, 3.05) is 13.2 Å². The third kappa shape index (κ3) is 3.82. The van der Waals surface area contributed by atoms with Gasteiger partial charge in [0.05, 0.1) is 25.1 Å². The summed E-state index contributed by atoms with van der Waals surface area (Å²) < 4.78 is 15.2. The van der Waals surface area contributed by atoms with Crippen LogP contribution in [-0.4, -0.2) is 40.3 Å². The molecule has 118 valence electrons. The number of thiazole rings is 1. The molecule has 0 aliphatic heterocycles. The number of hydrogen-bond donors (Lipinski definition) is 1. The van der Waals surface area contributed by atoms with Crippen molar-refractivity contribution in [3.8, 4) is 5.88 Å². The summed E-state index contributed by atoms with van der Waals surface area (Å²) in [5.41, 5.74) is 0.764. The predicted octanol–water partition coefficient (Wildman–Crippen LogP) is 1.80. The van der Waals surface area contributed by atoms with E-state index in [2.05, 4.69) is 15.2 Å². The van der Waals surface area contributed by atoms with Gasteiger partial charge in [-0.25, -0.2) is 19.7 Å². The average Bonchev–Trinajstić information content (AvgIpc) is 3.15. The molecule has 0 aromatic carbocycles. The Hall–Kier alpha value is -2.42. The first kappa shape index (κ1) is 16.0. The molecule has 9 heteroatoms. The van der Waals surface area contributed by atoms with Crippen molar-refractivity contribution in [1.29, 1.82) is 0 Å². The lowest BCUT2D eigenvalue weighted by Crippen LogP contribution is -2.07. The third-order valence-electron chi connectivity index (χ3n) is 2.47. The van der Waals surface area contributed by atoms with Gasteiger partial charge >= 0.3 is 11.9 Å². The Kier molecular flexibility index (Phi) is 5.48. The van der Waals surface area contributed by atoms with Gasteiger partial charge in [-0.15, -0.1) is 11.3 Å². The Morgan fingerprint density at radius 1 is 1.23 bits per heavy atom. The lowest BCUT2D eigenvalue weighted by molar-refractivity contribution is 0.0514. The van der Waals surface area contributed by atoms with Crippen LogP contribution in [0, 0.1) is 0 Å². The van der Waals surface area contributed by atoms with Crippen LogP contribution in [0.5, 0.6) is 5.88 Å². The van der Waals surface area contributed by atoms with E-state index in [4.69, 9.17) is 14.2 Å². The van der Waals surface area contributed by atoms with E-state index in [0.29, 0.717) is 12.3 Å². The highest BCUT2D eigenvalue weighted by Gasteiger charge is 2.17. The molecule has 2 heterocycles. The molecular formula is C13H15N3O5S. The largest absolute Gasteiger partial charge is 0.471 e. The Bertz CT molecular complexity index is 652. The molecule has 8 nitrogen and oxygen atoms in total. The van der Waals surface area contributed by atoms with Crippen LogP contribution in [0.2, 0.25) is 0 Å². The fourth-order valence-corrected chi connectivity index (χ4v) is 2.24. The second-order valence-corrected chi connectivity index (χ2v) is 4.84. The Morgan fingerprint density at radius 2 is 1.95 bits per heavy atom. The van der Waals surface area contributed by atoms with E-state index in [9.17, 15) is 9.59 Å². The van der Waals surface area contributed by atoms with E-state index in [1.807, 2.05) is 0 Å². The summed E-state index contributed by atoms with van der Waals surface area (Å²) in [6.45, 7) is 4.08. The Morgan fingerprint density at radius 3 is 2.68 bits per heavy atom. The lowest BCUT2D eigenvalue weighted by atomic mass is 10.3. The maximum absolute atomic E-state index is 11.7. The van der Waals surface area contributed by atoms with Gasteiger partial charge in [-0.3, -0.25) is 0 Å². The van der Waals surface area contributed by atoms with E-state index < -0.39 is 11.9 Å². The summed E-state index contributed by atoms with van der Waals surface area (Å²) in [7, 11) is 0. The van der Waals surface area contributed by atoms with Crippen molar-refractivity contribution < 1.29 is 23.8 Å². The van der Waals surface area contributed by atoms with Gasteiger partial charge in [0.15, 0.2) is 0 Å². The van der Waals surface area contributed by atoms with Crippen LogP contribution in [0.3, 0.4) is 0 Å². The van der Waals surface area contributed by atoms with E-state index in [0.717, 1.165) is 0 Å². The number of hydrogen-bond acceptors (Lipinski definition) is 8. The zero-order valence-corrected chi connectivity index (χ0v) is 12.9. The van der Waals surface area contributed by atoms with Gasteiger partial charge in [-0.1, -0.05) is 0 Å². The zero-order valence-electron chi connectivity index (χ0n) is 12.1. The number of nitrogens with zero attached hydrogens (tertiary/aromatic N) is 2. The van der Waals surface area contributed by atoms with E-state index >= 15 is 0 Å². The van der Waals surface area contributed by atoms with Crippen LogP contribution in [-0.2, 0) is 16.1 Å². The van der Waals surface area contributed by atoms with E-state index in [-0.39, 0.29) is 29.7 Å². The first-order chi connectivity index (χ1) is 10.7. The highest BCUT2D eigenvalue weighted by Crippen LogP contribution is 2.18. The van der Waals surface area contributed by atoms with Crippen LogP contribution in [0.4, 0.5) is 0 Å². The summed E-state index contributed by atoms with van der Waals surface area (Å²) >= 11 is 1.17. The lowest BCUT2D eigenvalue weighted by Gasteiger charge is -2.04. The number of carbonyl (C=O) groups is 2. The molecule has 0 atom stereocenters. The molecule has 0 amide bonds. The van der Waals surface area contributed by atoms with Gasteiger partial charge in [0.2, 0.25) is 10.9 Å². The van der Waals surface area contributed by atoms with Gasteiger partial charge in [0.25, 0.3) is 0 Å². The molecule has 22 heavy (non-hydrogen) atoms. The highest BCUT2D eigenvalue weighted by atomic mass is 32.1. The van der Waals surface area contributed by atoms with Gasteiger partial charge in [0, 0.05) is 5.38 Å². The first-order valence-electron chi connectivity index (χ1n) is 6.60. The molecule has 2 aromatic rings.